The fourth-order valence-corrected chi connectivity index (χ4v) is 2.04. The van der Waals surface area contributed by atoms with E-state index in [-0.39, 0.29) is 24.5 Å². The van der Waals surface area contributed by atoms with E-state index < -0.39 is 0 Å². The van der Waals surface area contributed by atoms with E-state index in [0.717, 1.165) is 6.42 Å². The standard InChI is InChI=1S/C11H22N2O3/c1-3-4-13(5-6-14)11(15)9-7-16-8-10(9)12-2/h9-10,12,14H,3-8H2,1-2H3. The molecule has 0 spiro atoms. The van der Waals surface area contributed by atoms with Crippen LogP contribution < -0.4 is 5.32 Å². The Kier molecular flexibility index (Phi) is 5.73. The number of hydrogen-bond acceptors (Lipinski definition) is 4. The first kappa shape index (κ1) is 13.4. The molecule has 1 amide bonds. The first-order valence-electron chi connectivity index (χ1n) is 5.89. The number of ether oxygens (including phenoxy) is 1. The lowest BCUT2D eigenvalue weighted by molar-refractivity contribution is -0.136. The fraction of sp³-hybridized carbons (Fsp3) is 0.909. The van der Waals surface area contributed by atoms with Crippen molar-refractivity contribution in [2.75, 3.05) is 40.0 Å². The number of aliphatic hydroxyl groups excluding tert-OH is 1. The van der Waals surface area contributed by atoms with E-state index in [1.54, 1.807) is 4.90 Å². The zero-order chi connectivity index (χ0) is 12.0. The number of hydrogen-bond donors (Lipinski definition) is 2. The van der Waals surface area contributed by atoms with Crippen LogP contribution in [0.1, 0.15) is 13.3 Å². The maximum absolute atomic E-state index is 12.2. The van der Waals surface area contributed by atoms with Gasteiger partial charge in [0.25, 0.3) is 0 Å². The zero-order valence-electron chi connectivity index (χ0n) is 10.1. The van der Waals surface area contributed by atoms with E-state index in [1.807, 2.05) is 14.0 Å². The van der Waals surface area contributed by atoms with Crippen LogP contribution in [0, 0.1) is 5.92 Å². The Bertz CT molecular complexity index is 217. The van der Waals surface area contributed by atoms with Crippen LogP contribution in [0.5, 0.6) is 0 Å². The maximum atomic E-state index is 12.2. The Morgan fingerprint density at radius 2 is 2.25 bits per heavy atom. The van der Waals surface area contributed by atoms with Crippen molar-refractivity contribution in [2.45, 2.75) is 19.4 Å². The van der Waals surface area contributed by atoms with Crippen LogP contribution in [-0.4, -0.2) is 61.9 Å². The van der Waals surface area contributed by atoms with Gasteiger partial charge in [-0.3, -0.25) is 4.79 Å². The minimum atomic E-state index is -0.108. The average Bonchev–Trinajstić information content (AvgIpc) is 2.75. The Morgan fingerprint density at radius 3 is 2.81 bits per heavy atom. The van der Waals surface area contributed by atoms with Crippen molar-refractivity contribution in [1.29, 1.82) is 0 Å². The second kappa shape index (κ2) is 6.83. The van der Waals surface area contributed by atoms with Gasteiger partial charge < -0.3 is 20.1 Å². The second-order valence-electron chi connectivity index (χ2n) is 4.09. The molecule has 0 aliphatic carbocycles. The Labute approximate surface area is 96.8 Å². The number of carbonyl (C=O) groups excluding carboxylic acids is 1. The lowest BCUT2D eigenvalue weighted by Crippen LogP contribution is -2.45. The molecule has 0 aromatic rings. The van der Waals surface area contributed by atoms with Crippen LogP contribution in [0.25, 0.3) is 0 Å². The molecule has 1 rings (SSSR count). The highest BCUT2D eigenvalue weighted by Gasteiger charge is 2.35. The van der Waals surface area contributed by atoms with E-state index in [2.05, 4.69) is 5.32 Å². The molecule has 1 heterocycles. The van der Waals surface area contributed by atoms with Gasteiger partial charge in [-0.2, -0.15) is 0 Å². The van der Waals surface area contributed by atoms with Crippen molar-refractivity contribution in [3.05, 3.63) is 0 Å². The number of nitrogens with zero attached hydrogens (tertiary/aromatic N) is 1. The van der Waals surface area contributed by atoms with Gasteiger partial charge in [0, 0.05) is 19.1 Å². The number of rotatable bonds is 6. The molecule has 2 unspecified atom stereocenters. The van der Waals surface area contributed by atoms with Crippen LogP contribution in [0.2, 0.25) is 0 Å². The van der Waals surface area contributed by atoms with Gasteiger partial charge in [-0.05, 0) is 13.5 Å². The molecule has 5 nitrogen and oxygen atoms in total. The summed E-state index contributed by atoms with van der Waals surface area (Å²) in [5, 5.41) is 12.0. The summed E-state index contributed by atoms with van der Waals surface area (Å²) >= 11 is 0. The molecule has 1 aliphatic heterocycles. The molecule has 16 heavy (non-hydrogen) atoms. The Balaban J connectivity index is 2.58. The van der Waals surface area contributed by atoms with E-state index >= 15 is 0 Å². The topological polar surface area (TPSA) is 61.8 Å². The maximum Gasteiger partial charge on any atom is 0.229 e. The van der Waals surface area contributed by atoms with Crippen molar-refractivity contribution in [1.82, 2.24) is 10.2 Å². The first-order valence-corrected chi connectivity index (χ1v) is 5.89. The number of amides is 1. The molecule has 1 aliphatic rings. The molecule has 5 heteroatoms. The van der Waals surface area contributed by atoms with Gasteiger partial charge in [0.15, 0.2) is 0 Å². The molecule has 0 aromatic carbocycles. The van der Waals surface area contributed by atoms with E-state index in [1.165, 1.54) is 0 Å². The number of aliphatic hydroxyl groups is 1. The molecule has 1 fully saturated rings. The zero-order valence-corrected chi connectivity index (χ0v) is 10.1. The van der Waals surface area contributed by atoms with E-state index in [0.29, 0.717) is 26.3 Å². The lowest BCUT2D eigenvalue weighted by atomic mass is 10.0. The highest BCUT2D eigenvalue weighted by Crippen LogP contribution is 2.16. The highest BCUT2D eigenvalue weighted by atomic mass is 16.5. The van der Waals surface area contributed by atoms with Crippen molar-refractivity contribution < 1.29 is 14.6 Å². The molecule has 1 saturated heterocycles. The predicted molar refractivity (Wildman–Crippen MR) is 61.1 cm³/mol. The van der Waals surface area contributed by atoms with Crippen LogP contribution in [0.3, 0.4) is 0 Å². The molecular formula is C11H22N2O3. The SMILES string of the molecule is CCCN(CCO)C(=O)C1COCC1NC. The van der Waals surface area contributed by atoms with Crippen molar-refractivity contribution in [3.63, 3.8) is 0 Å². The molecule has 0 bridgehead atoms. The molecule has 94 valence electrons. The lowest BCUT2D eigenvalue weighted by Gasteiger charge is -2.26. The van der Waals surface area contributed by atoms with Gasteiger partial charge in [0.1, 0.15) is 0 Å². The van der Waals surface area contributed by atoms with Crippen LogP contribution in [0.4, 0.5) is 0 Å². The smallest absolute Gasteiger partial charge is 0.229 e. The Morgan fingerprint density at radius 1 is 1.50 bits per heavy atom. The molecule has 0 aromatic heterocycles. The number of likely N-dealkylation sites (N-methyl/N-ethyl adjacent to an activating group) is 1. The summed E-state index contributed by atoms with van der Waals surface area (Å²) < 4.78 is 5.32. The number of carbonyl (C=O) groups is 1. The van der Waals surface area contributed by atoms with Gasteiger partial charge in [0.05, 0.1) is 25.7 Å². The third-order valence-corrected chi connectivity index (χ3v) is 2.94. The number of nitrogens with one attached hydrogen (secondary N) is 1. The van der Waals surface area contributed by atoms with E-state index in [9.17, 15) is 4.79 Å². The quantitative estimate of drug-likeness (QED) is 0.643. The van der Waals surface area contributed by atoms with Gasteiger partial charge >= 0.3 is 0 Å². The Hall–Kier alpha value is -0.650. The van der Waals surface area contributed by atoms with Crippen molar-refractivity contribution >= 4 is 5.91 Å². The second-order valence-corrected chi connectivity index (χ2v) is 4.09. The molecule has 0 saturated carbocycles. The summed E-state index contributed by atoms with van der Waals surface area (Å²) in [5.74, 6) is -0.0177. The summed E-state index contributed by atoms with van der Waals surface area (Å²) in [7, 11) is 1.84. The fourth-order valence-electron chi connectivity index (χ4n) is 2.04. The largest absolute Gasteiger partial charge is 0.395 e. The van der Waals surface area contributed by atoms with E-state index in [4.69, 9.17) is 9.84 Å². The van der Waals surface area contributed by atoms with Crippen LogP contribution >= 0.6 is 0 Å². The average molecular weight is 230 g/mol. The minimum absolute atomic E-state index is 0.0174. The van der Waals surface area contributed by atoms with Crippen LogP contribution in [0.15, 0.2) is 0 Å². The van der Waals surface area contributed by atoms with Gasteiger partial charge in [0.2, 0.25) is 5.91 Å². The van der Waals surface area contributed by atoms with Gasteiger partial charge in [-0.1, -0.05) is 6.92 Å². The summed E-state index contributed by atoms with van der Waals surface area (Å²) in [5.41, 5.74) is 0. The van der Waals surface area contributed by atoms with Gasteiger partial charge in [-0.25, -0.2) is 0 Å². The normalized spacial score (nSPS) is 24.7. The summed E-state index contributed by atoms with van der Waals surface area (Å²) in [6, 6.07) is 0.102. The third-order valence-electron chi connectivity index (χ3n) is 2.94. The van der Waals surface area contributed by atoms with Gasteiger partial charge in [-0.15, -0.1) is 0 Å². The van der Waals surface area contributed by atoms with Crippen LogP contribution in [-0.2, 0) is 9.53 Å². The summed E-state index contributed by atoms with van der Waals surface area (Å²) in [6.07, 6.45) is 0.906. The highest BCUT2D eigenvalue weighted by molar-refractivity contribution is 5.80. The third kappa shape index (κ3) is 3.17. The van der Waals surface area contributed by atoms with Crippen molar-refractivity contribution in [3.8, 4) is 0 Å². The minimum Gasteiger partial charge on any atom is -0.395 e. The molecular weight excluding hydrogens is 208 g/mol. The molecule has 2 atom stereocenters. The first-order chi connectivity index (χ1) is 7.74. The summed E-state index contributed by atoms with van der Waals surface area (Å²) in [6.45, 7) is 4.23. The van der Waals surface area contributed by atoms with Crippen molar-refractivity contribution in [2.24, 2.45) is 5.92 Å². The molecule has 2 N–H and O–H groups in total. The predicted octanol–water partition coefficient (Wildman–Crippen LogP) is -0.548. The summed E-state index contributed by atoms with van der Waals surface area (Å²) in [4.78, 5) is 13.9. The monoisotopic (exact) mass is 230 g/mol. The molecule has 0 radical (unpaired) electrons.